The minimum absolute atomic E-state index is 0.0815. The van der Waals surface area contributed by atoms with Crippen LogP contribution in [0.3, 0.4) is 0 Å². The average Bonchev–Trinajstić information content (AvgIpc) is 2.66. The maximum absolute atomic E-state index is 5.88. The molecule has 1 rings (SSSR count). The predicted octanol–water partition coefficient (Wildman–Crippen LogP) is 5.06. The molecule has 4 nitrogen and oxygen atoms in total. The van der Waals surface area contributed by atoms with Crippen LogP contribution in [-0.4, -0.2) is 63.0 Å². The predicted molar refractivity (Wildman–Crippen MR) is 114 cm³/mol. The van der Waals surface area contributed by atoms with Crippen molar-refractivity contribution in [1.82, 2.24) is 0 Å². The van der Waals surface area contributed by atoms with Crippen molar-refractivity contribution in [3.8, 4) is 0 Å². The van der Waals surface area contributed by atoms with Crippen molar-refractivity contribution in [3.05, 3.63) is 0 Å². The molecule has 0 aromatic carbocycles. The van der Waals surface area contributed by atoms with Crippen LogP contribution in [0, 0.1) is 11.8 Å². The van der Waals surface area contributed by atoms with E-state index in [0.29, 0.717) is 11.8 Å². The quantitative estimate of drug-likeness (QED) is 0.262. The molecule has 6 heteroatoms. The van der Waals surface area contributed by atoms with Crippen LogP contribution in [0.4, 0.5) is 0 Å². The lowest BCUT2D eigenvalue weighted by Crippen LogP contribution is -2.26. The molecule has 156 valence electrons. The summed E-state index contributed by atoms with van der Waals surface area (Å²) in [4.78, 5) is 0. The van der Waals surface area contributed by atoms with E-state index in [2.05, 4.69) is 12.5 Å². The summed E-state index contributed by atoms with van der Waals surface area (Å²) >= 11 is 3.72. The Balaban J connectivity index is 2.00. The minimum atomic E-state index is -0.0815. The van der Waals surface area contributed by atoms with Crippen LogP contribution in [0.5, 0.6) is 0 Å². The van der Waals surface area contributed by atoms with E-state index < -0.39 is 0 Å². The molecule has 0 bridgehead atoms. The molecule has 0 aromatic heterocycles. The largest absolute Gasteiger partial charge is 0.353 e. The van der Waals surface area contributed by atoms with E-state index in [-0.39, 0.29) is 12.6 Å². The molecule has 1 aliphatic carbocycles. The van der Waals surface area contributed by atoms with Crippen LogP contribution in [0.15, 0.2) is 0 Å². The molecule has 2 atom stereocenters. The van der Waals surface area contributed by atoms with Crippen molar-refractivity contribution in [2.75, 3.05) is 50.4 Å². The second-order valence-electron chi connectivity index (χ2n) is 7.12. The lowest BCUT2D eigenvalue weighted by molar-refractivity contribution is -0.147. The SMILES string of the molecule is CSCCCOC(C)OCC1CCC(COC(C)OCCCSC)CC1. The molecule has 26 heavy (non-hydrogen) atoms. The van der Waals surface area contributed by atoms with Gasteiger partial charge in [-0.15, -0.1) is 0 Å². The molecule has 0 spiro atoms. The number of hydrogen-bond acceptors (Lipinski definition) is 6. The third-order valence-electron chi connectivity index (χ3n) is 4.79. The van der Waals surface area contributed by atoms with Crippen molar-refractivity contribution in [2.45, 2.75) is 65.0 Å². The average molecular weight is 409 g/mol. The molecular weight excluding hydrogens is 368 g/mol. The van der Waals surface area contributed by atoms with E-state index in [1.54, 1.807) is 0 Å². The van der Waals surface area contributed by atoms with Crippen molar-refractivity contribution in [2.24, 2.45) is 11.8 Å². The lowest BCUT2D eigenvalue weighted by Gasteiger charge is -2.29. The van der Waals surface area contributed by atoms with Gasteiger partial charge < -0.3 is 18.9 Å². The van der Waals surface area contributed by atoms with Gasteiger partial charge in [-0.1, -0.05) is 0 Å². The second kappa shape index (κ2) is 16.5. The van der Waals surface area contributed by atoms with E-state index in [0.717, 1.165) is 50.8 Å². The Labute approximate surface area is 169 Å². The van der Waals surface area contributed by atoms with E-state index in [9.17, 15) is 0 Å². The summed E-state index contributed by atoms with van der Waals surface area (Å²) in [5.74, 6) is 3.65. The van der Waals surface area contributed by atoms with Crippen molar-refractivity contribution < 1.29 is 18.9 Å². The molecule has 0 radical (unpaired) electrons. The highest BCUT2D eigenvalue weighted by Crippen LogP contribution is 2.29. The number of ether oxygens (including phenoxy) is 4. The van der Waals surface area contributed by atoms with Gasteiger partial charge in [0, 0.05) is 0 Å². The monoisotopic (exact) mass is 408 g/mol. The standard InChI is InChI=1S/C20H40O4S2/c1-17(21-11-5-13-25-3)23-15-19-7-9-20(10-8-19)16-24-18(2)22-12-6-14-26-4/h17-20H,5-16H2,1-4H3. The van der Waals surface area contributed by atoms with Crippen LogP contribution in [0.2, 0.25) is 0 Å². The van der Waals surface area contributed by atoms with Gasteiger partial charge in [-0.05, 0) is 88.2 Å². The fourth-order valence-electron chi connectivity index (χ4n) is 3.11. The summed E-state index contributed by atoms with van der Waals surface area (Å²) in [6.45, 7) is 7.27. The maximum Gasteiger partial charge on any atom is 0.154 e. The highest BCUT2D eigenvalue weighted by molar-refractivity contribution is 7.98. The molecule has 1 saturated carbocycles. The van der Waals surface area contributed by atoms with Crippen LogP contribution >= 0.6 is 23.5 Å². The van der Waals surface area contributed by atoms with Crippen LogP contribution in [-0.2, 0) is 18.9 Å². The molecular formula is C20H40O4S2. The first-order valence-electron chi connectivity index (χ1n) is 10.1. The summed E-state index contributed by atoms with van der Waals surface area (Å²) in [5, 5.41) is 0. The Bertz CT molecular complexity index is 282. The van der Waals surface area contributed by atoms with E-state index in [1.165, 1.54) is 25.7 Å². The number of rotatable bonds is 16. The Kier molecular flexibility index (Phi) is 15.6. The molecule has 0 N–H and O–H groups in total. The van der Waals surface area contributed by atoms with Crippen LogP contribution in [0.1, 0.15) is 52.4 Å². The zero-order valence-electron chi connectivity index (χ0n) is 17.2. The molecule has 0 amide bonds. The third-order valence-corrected chi connectivity index (χ3v) is 6.18. The first kappa shape index (κ1) is 24.6. The number of thioether (sulfide) groups is 2. The summed E-state index contributed by atoms with van der Waals surface area (Å²) in [6, 6.07) is 0. The highest BCUT2D eigenvalue weighted by Gasteiger charge is 2.22. The van der Waals surface area contributed by atoms with E-state index >= 15 is 0 Å². The topological polar surface area (TPSA) is 36.9 Å². The zero-order valence-corrected chi connectivity index (χ0v) is 18.9. The third kappa shape index (κ3) is 12.8. The maximum atomic E-state index is 5.88. The Morgan fingerprint density at radius 3 is 1.42 bits per heavy atom. The number of hydrogen-bond donors (Lipinski definition) is 0. The van der Waals surface area contributed by atoms with E-state index in [4.69, 9.17) is 18.9 Å². The van der Waals surface area contributed by atoms with Gasteiger partial charge in [-0.25, -0.2) is 0 Å². The van der Waals surface area contributed by atoms with Gasteiger partial charge in [0.2, 0.25) is 0 Å². The molecule has 0 aromatic rings. The van der Waals surface area contributed by atoms with Crippen LogP contribution in [0.25, 0.3) is 0 Å². The van der Waals surface area contributed by atoms with Gasteiger partial charge in [-0.2, -0.15) is 23.5 Å². The van der Waals surface area contributed by atoms with Gasteiger partial charge in [0.1, 0.15) is 0 Å². The van der Waals surface area contributed by atoms with E-state index in [1.807, 2.05) is 37.4 Å². The highest BCUT2D eigenvalue weighted by atomic mass is 32.2. The Morgan fingerprint density at radius 1 is 0.692 bits per heavy atom. The molecule has 2 unspecified atom stereocenters. The molecule has 0 saturated heterocycles. The van der Waals surface area contributed by atoms with Crippen molar-refractivity contribution in [3.63, 3.8) is 0 Å². The fourth-order valence-corrected chi connectivity index (χ4v) is 3.92. The molecule has 1 aliphatic rings. The Morgan fingerprint density at radius 2 is 1.08 bits per heavy atom. The molecule has 0 aliphatic heterocycles. The lowest BCUT2D eigenvalue weighted by atomic mass is 9.83. The van der Waals surface area contributed by atoms with Crippen molar-refractivity contribution in [1.29, 1.82) is 0 Å². The first-order chi connectivity index (χ1) is 12.7. The van der Waals surface area contributed by atoms with Gasteiger partial charge in [-0.3, -0.25) is 0 Å². The van der Waals surface area contributed by atoms with Gasteiger partial charge in [0.25, 0.3) is 0 Å². The molecule has 1 fully saturated rings. The normalized spacial score (nSPS) is 23.1. The molecule has 0 heterocycles. The Hall–Kier alpha value is 0.540. The zero-order chi connectivity index (χ0) is 19.0. The van der Waals surface area contributed by atoms with Crippen LogP contribution < -0.4 is 0 Å². The van der Waals surface area contributed by atoms with Gasteiger partial charge in [0.15, 0.2) is 12.6 Å². The summed E-state index contributed by atoms with van der Waals surface area (Å²) < 4.78 is 23.2. The summed E-state index contributed by atoms with van der Waals surface area (Å²) in [7, 11) is 0. The van der Waals surface area contributed by atoms with Gasteiger partial charge in [0.05, 0.1) is 26.4 Å². The first-order valence-corrected chi connectivity index (χ1v) is 12.9. The second-order valence-corrected chi connectivity index (χ2v) is 9.09. The van der Waals surface area contributed by atoms with Gasteiger partial charge >= 0.3 is 0 Å². The smallest absolute Gasteiger partial charge is 0.154 e. The summed E-state index contributed by atoms with van der Waals surface area (Å²) in [6.07, 6.45) is 11.2. The van der Waals surface area contributed by atoms with Crippen molar-refractivity contribution >= 4 is 23.5 Å². The summed E-state index contributed by atoms with van der Waals surface area (Å²) in [5.41, 5.74) is 0. The fraction of sp³-hybridized carbons (Fsp3) is 1.00. The minimum Gasteiger partial charge on any atom is -0.353 e.